The zero-order chi connectivity index (χ0) is 20.6. The van der Waals surface area contributed by atoms with Crippen molar-refractivity contribution in [2.24, 2.45) is 0 Å². The van der Waals surface area contributed by atoms with Crippen LogP contribution in [0, 0.1) is 5.82 Å². The number of amides is 1. The highest BCUT2D eigenvalue weighted by atomic mass is 19.1. The van der Waals surface area contributed by atoms with Crippen LogP contribution in [0.4, 0.5) is 10.2 Å². The van der Waals surface area contributed by atoms with Gasteiger partial charge in [0.1, 0.15) is 11.6 Å². The predicted octanol–water partition coefficient (Wildman–Crippen LogP) is 3.78. The minimum Gasteiger partial charge on any atom is -0.493 e. The third kappa shape index (κ3) is 5.22. The van der Waals surface area contributed by atoms with Crippen molar-refractivity contribution in [1.29, 1.82) is 0 Å². The first-order valence-electron chi connectivity index (χ1n) is 9.03. The summed E-state index contributed by atoms with van der Waals surface area (Å²) >= 11 is 0. The van der Waals surface area contributed by atoms with E-state index in [9.17, 15) is 9.18 Å². The Hall–Kier alpha value is -3.61. The number of nitrogens with one attached hydrogen (secondary N) is 2. The summed E-state index contributed by atoms with van der Waals surface area (Å²) in [7, 11) is 3.13. The molecule has 0 fully saturated rings. The maximum Gasteiger partial charge on any atom is 0.253 e. The summed E-state index contributed by atoms with van der Waals surface area (Å²) in [5.74, 6) is 1.28. The van der Waals surface area contributed by atoms with Crippen LogP contribution in [0.1, 0.15) is 21.5 Å². The van der Waals surface area contributed by atoms with Gasteiger partial charge in [-0.2, -0.15) is 0 Å². The van der Waals surface area contributed by atoms with Gasteiger partial charge in [0.2, 0.25) is 0 Å². The SMILES string of the molecule is COc1ccc(CNC(=O)c2ccc(NCc3ccccc3F)nc2)cc1OC. The summed E-state index contributed by atoms with van der Waals surface area (Å²) in [6, 6.07) is 15.4. The molecule has 0 bridgehead atoms. The van der Waals surface area contributed by atoms with E-state index in [1.165, 1.54) is 12.3 Å². The molecule has 1 amide bonds. The summed E-state index contributed by atoms with van der Waals surface area (Å²) in [5.41, 5.74) is 1.86. The standard InChI is InChI=1S/C22H22FN3O3/c1-28-19-9-7-15(11-20(19)29-2)12-26-22(27)17-8-10-21(25-14-17)24-13-16-5-3-4-6-18(16)23/h3-11,14H,12-13H2,1-2H3,(H,24,25)(H,26,27). The van der Waals surface area contributed by atoms with E-state index < -0.39 is 0 Å². The monoisotopic (exact) mass is 395 g/mol. The Morgan fingerprint density at radius 3 is 2.48 bits per heavy atom. The van der Waals surface area contributed by atoms with Crippen LogP contribution in [0.15, 0.2) is 60.8 Å². The summed E-state index contributed by atoms with van der Waals surface area (Å²) < 4.78 is 24.1. The molecule has 0 unspecified atom stereocenters. The Kier molecular flexibility index (Phi) is 6.63. The first-order valence-corrected chi connectivity index (χ1v) is 9.03. The topological polar surface area (TPSA) is 72.5 Å². The van der Waals surface area contributed by atoms with Crippen LogP contribution in [-0.2, 0) is 13.1 Å². The number of benzene rings is 2. The average Bonchev–Trinajstić information content (AvgIpc) is 2.77. The number of methoxy groups -OCH3 is 2. The molecule has 7 heteroatoms. The number of hydrogen-bond acceptors (Lipinski definition) is 5. The number of halogens is 1. The van der Waals surface area contributed by atoms with Crippen LogP contribution in [0.3, 0.4) is 0 Å². The van der Waals surface area contributed by atoms with Gasteiger partial charge in [-0.05, 0) is 35.9 Å². The first kappa shape index (κ1) is 20.1. The fraction of sp³-hybridized carbons (Fsp3) is 0.182. The van der Waals surface area contributed by atoms with Crippen molar-refractivity contribution in [3.05, 3.63) is 83.3 Å². The van der Waals surface area contributed by atoms with Gasteiger partial charge in [-0.1, -0.05) is 24.3 Å². The molecule has 0 aliphatic carbocycles. The second-order valence-electron chi connectivity index (χ2n) is 6.25. The quantitative estimate of drug-likeness (QED) is 0.607. The Labute approximate surface area is 168 Å². The van der Waals surface area contributed by atoms with Crippen molar-refractivity contribution in [2.45, 2.75) is 13.1 Å². The Bertz CT molecular complexity index is 977. The van der Waals surface area contributed by atoms with Crippen molar-refractivity contribution in [2.75, 3.05) is 19.5 Å². The summed E-state index contributed by atoms with van der Waals surface area (Å²) in [6.07, 6.45) is 1.48. The van der Waals surface area contributed by atoms with E-state index in [0.717, 1.165) is 5.56 Å². The molecule has 2 aromatic carbocycles. The number of rotatable bonds is 8. The molecule has 0 aliphatic rings. The van der Waals surface area contributed by atoms with Gasteiger partial charge >= 0.3 is 0 Å². The summed E-state index contributed by atoms with van der Waals surface area (Å²) in [4.78, 5) is 16.6. The summed E-state index contributed by atoms with van der Waals surface area (Å²) in [5, 5.41) is 5.88. The van der Waals surface area contributed by atoms with Gasteiger partial charge in [0.05, 0.1) is 19.8 Å². The fourth-order valence-corrected chi connectivity index (χ4v) is 2.74. The Morgan fingerprint density at radius 2 is 1.79 bits per heavy atom. The van der Waals surface area contributed by atoms with E-state index in [1.807, 2.05) is 12.1 Å². The molecule has 0 atom stereocenters. The minimum atomic E-state index is -0.272. The zero-order valence-electron chi connectivity index (χ0n) is 16.2. The van der Waals surface area contributed by atoms with Crippen molar-refractivity contribution < 1.29 is 18.7 Å². The van der Waals surface area contributed by atoms with Crippen LogP contribution in [0.25, 0.3) is 0 Å². The number of pyridine rings is 1. The van der Waals surface area contributed by atoms with E-state index in [-0.39, 0.29) is 11.7 Å². The lowest BCUT2D eigenvalue weighted by Crippen LogP contribution is -2.23. The van der Waals surface area contributed by atoms with E-state index in [4.69, 9.17) is 9.47 Å². The molecule has 3 aromatic rings. The number of hydrogen-bond donors (Lipinski definition) is 2. The molecular weight excluding hydrogens is 373 g/mol. The van der Waals surface area contributed by atoms with E-state index in [1.54, 1.807) is 50.6 Å². The van der Waals surface area contributed by atoms with Gasteiger partial charge in [-0.25, -0.2) is 9.37 Å². The van der Waals surface area contributed by atoms with Crippen molar-refractivity contribution in [3.8, 4) is 11.5 Å². The number of anilines is 1. The van der Waals surface area contributed by atoms with Gasteiger partial charge in [-0.15, -0.1) is 0 Å². The third-order valence-electron chi connectivity index (χ3n) is 4.34. The van der Waals surface area contributed by atoms with Crippen LogP contribution in [-0.4, -0.2) is 25.1 Å². The van der Waals surface area contributed by atoms with E-state index in [0.29, 0.717) is 41.5 Å². The molecule has 150 valence electrons. The first-order chi connectivity index (χ1) is 14.1. The van der Waals surface area contributed by atoms with Gasteiger partial charge in [0, 0.05) is 24.8 Å². The third-order valence-corrected chi connectivity index (χ3v) is 4.34. The molecule has 0 saturated heterocycles. The number of aromatic nitrogens is 1. The molecule has 1 aromatic heterocycles. The van der Waals surface area contributed by atoms with Gasteiger partial charge in [0.25, 0.3) is 5.91 Å². The smallest absolute Gasteiger partial charge is 0.253 e. The second kappa shape index (κ2) is 9.54. The van der Waals surface area contributed by atoms with Crippen molar-refractivity contribution in [3.63, 3.8) is 0 Å². The molecule has 1 heterocycles. The van der Waals surface area contributed by atoms with Crippen LogP contribution < -0.4 is 20.1 Å². The van der Waals surface area contributed by atoms with Gasteiger partial charge in [0.15, 0.2) is 11.5 Å². The highest BCUT2D eigenvalue weighted by Crippen LogP contribution is 2.27. The zero-order valence-corrected chi connectivity index (χ0v) is 16.2. The lowest BCUT2D eigenvalue weighted by molar-refractivity contribution is 0.0950. The molecular formula is C22H22FN3O3. The lowest BCUT2D eigenvalue weighted by Gasteiger charge is -2.11. The molecule has 0 aliphatic heterocycles. The molecule has 0 radical (unpaired) electrons. The normalized spacial score (nSPS) is 10.3. The molecule has 3 rings (SSSR count). The van der Waals surface area contributed by atoms with Crippen molar-refractivity contribution >= 4 is 11.7 Å². The van der Waals surface area contributed by atoms with Crippen LogP contribution >= 0.6 is 0 Å². The molecule has 6 nitrogen and oxygen atoms in total. The maximum atomic E-state index is 13.6. The Morgan fingerprint density at radius 1 is 1.00 bits per heavy atom. The number of carbonyl (C=O) groups is 1. The van der Waals surface area contributed by atoms with Gasteiger partial charge < -0.3 is 20.1 Å². The summed E-state index contributed by atoms with van der Waals surface area (Å²) in [6.45, 7) is 0.650. The van der Waals surface area contributed by atoms with Crippen LogP contribution in [0.5, 0.6) is 11.5 Å². The predicted molar refractivity (Wildman–Crippen MR) is 109 cm³/mol. The molecule has 29 heavy (non-hydrogen) atoms. The molecule has 0 spiro atoms. The lowest BCUT2D eigenvalue weighted by atomic mass is 10.2. The number of ether oxygens (including phenoxy) is 2. The molecule has 2 N–H and O–H groups in total. The molecule has 0 saturated carbocycles. The van der Waals surface area contributed by atoms with E-state index >= 15 is 0 Å². The van der Waals surface area contributed by atoms with Gasteiger partial charge in [-0.3, -0.25) is 4.79 Å². The number of nitrogens with zero attached hydrogens (tertiary/aromatic N) is 1. The Balaban J connectivity index is 1.55. The maximum absolute atomic E-state index is 13.6. The highest BCUT2D eigenvalue weighted by Gasteiger charge is 2.09. The largest absolute Gasteiger partial charge is 0.493 e. The fourth-order valence-electron chi connectivity index (χ4n) is 2.74. The van der Waals surface area contributed by atoms with Crippen molar-refractivity contribution in [1.82, 2.24) is 10.3 Å². The minimum absolute atomic E-state index is 0.243. The van der Waals surface area contributed by atoms with E-state index in [2.05, 4.69) is 15.6 Å². The average molecular weight is 395 g/mol. The highest BCUT2D eigenvalue weighted by molar-refractivity contribution is 5.94. The van der Waals surface area contributed by atoms with Crippen LogP contribution in [0.2, 0.25) is 0 Å². The number of carbonyl (C=O) groups excluding carboxylic acids is 1. The second-order valence-corrected chi connectivity index (χ2v) is 6.25.